The molecule has 1 spiro atoms. The van der Waals surface area contributed by atoms with Gasteiger partial charge in [0.25, 0.3) is 0 Å². The number of nitrogens with zero attached hydrogens (tertiary/aromatic N) is 3. The standard InChI is InChI=1S/C21H25N3O/c1-3-16-9-10-17(22-13-16)14-24-12-6-11-21(15-24)18-7-4-5-8-19(18)23(2)20(21)25/h4-5,7-10,13H,3,6,11-12,14-15H2,1-2H3/t21-/m0/s1. The van der Waals surface area contributed by atoms with Gasteiger partial charge in [0.15, 0.2) is 0 Å². The Morgan fingerprint density at radius 2 is 2.04 bits per heavy atom. The zero-order valence-corrected chi connectivity index (χ0v) is 15.0. The summed E-state index contributed by atoms with van der Waals surface area (Å²) in [5.41, 5.74) is 4.23. The van der Waals surface area contributed by atoms with Gasteiger partial charge in [0.2, 0.25) is 5.91 Å². The monoisotopic (exact) mass is 335 g/mol. The molecule has 4 heteroatoms. The van der Waals surface area contributed by atoms with E-state index in [2.05, 4.69) is 47.1 Å². The SMILES string of the molecule is CCc1ccc(CN2CCC[C@@]3(C2)C(=O)N(C)c2ccccc23)nc1. The van der Waals surface area contributed by atoms with Crippen molar-refractivity contribution in [3.05, 3.63) is 59.4 Å². The zero-order chi connectivity index (χ0) is 17.4. The predicted molar refractivity (Wildman–Crippen MR) is 99.7 cm³/mol. The molecule has 1 aromatic heterocycles. The third kappa shape index (κ3) is 2.65. The van der Waals surface area contributed by atoms with E-state index in [9.17, 15) is 4.79 Å². The summed E-state index contributed by atoms with van der Waals surface area (Å²) in [7, 11) is 1.90. The molecule has 3 heterocycles. The van der Waals surface area contributed by atoms with E-state index in [0.717, 1.165) is 50.3 Å². The molecule has 0 radical (unpaired) electrons. The molecule has 1 saturated heterocycles. The molecule has 2 aliphatic rings. The highest BCUT2D eigenvalue weighted by Gasteiger charge is 2.51. The summed E-state index contributed by atoms with van der Waals surface area (Å²) < 4.78 is 0. The first-order valence-electron chi connectivity index (χ1n) is 9.18. The van der Waals surface area contributed by atoms with Gasteiger partial charge in [-0.25, -0.2) is 0 Å². The molecule has 130 valence electrons. The van der Waals surface area contributed by atoms with Crippen molar-refractivity contribution in [3.8, 4) is 0 Å². The molecular weight excluding hydrogens is 310 g/mol. The van der Waals surface area contributed by atoms with Crippen LogP contribution in [0, 0.1) is 0 Å². The van der Waals surface area contributed by atoms with E-state index in [0.29, 0.717) is 0 Å². The van der Waals surface area contributed by atoms with E-state index in [-0.39, 0.29) is 11.3 Å². The molecule has 1 fully saturated rings. The Labute approximate surface area is 149 Å². The summed E-state index contributed by atoms with van der Waals surface area (Å²) >= 11 is 0. The van der Waals surface area contributed by atoms with Crippen LogP contribution in [0.3, 0.4) is 0 Å². The van der Waals surface area contributed by atoms with Gasteiger partial charge in [-0.3, -0.25) is 14.7 Å². The topological polar surface area (TPSA) is 36.4 Å². The second-order valence-corrected chi connectivity index (χ2v) is 7.29. The number of amides is 1. The van der Waals surface area contributed by atoms with Gasteiger partial charge in [0.1, 0.15) is 0 Å². The fourth-order valence-electron chi connectivity index (χ4n) is 4.38. The van der Waals surface area contributed by atoms with Crippen LogP contribution in [-0.4, -0.2) is 35.9 Å². The molecule has 4 nitrogen and oxygen atoms in total. The zero-order valence-electron chi connectivity index (χ0n) is 15.0. The number of anilines is 1. The molecule has 2 aliphatic heterocycles. The van der Waals surface area contributed by atoms with E-state index < -0.39 is 0 Å². The van der Waals surface area contributed by atoms with Gasteiger partial charge in [-0.2, -0.15) is 0 Å². The number of rotatable bonds is 3. The lowest BCUT2D eigenvalue weighted by molar-refractivity contribution is -0.125. The van der Waals surface area contributed by atoms with E-state index in [1.165, 1.54) is 11.1 Å². The highest BCUT2D eigenvalue weighted by atomic mass is 16.2. The molecule has 0 bridgehead atoms. The number of likely N-dealkylation sites (tertiary alicyclic amines) is 1. The molecule has 0 saturated carbocycles. The Balaban J connectivity index is 1.59. The second kappa shape index (κ2) is 6.26. The number of aryl methyl sites for hydroxylation is 1. The van der Waals surface area contributed by atoms with E-state index in [1.807, 2.05) is 24.2 Å². The summed E-state index contributed by atoms with van der Waals surface area (Å²) in [6.07, 6.45) is 4.96. The number of carbonyl (C=O) groups is 1. The maximum absolute atomic E-state index is 13.1. The molecular formula is C21H25N3O. The fraction of sp³-hybridized carbons (Fsp3) is 0.429. The molecule has 4 rings (SSSR count). The lowest BCUT2D eigenvalue weighted by Crippen LogP contribution is -2.51. The maximum Gasteiger partial charge on any atom is 0.238 e. The molecule has 1 atom stereocenters. The maximum atomic E-state index is 13.1. The Kier molecular flexibility index (Phi) is 4.08. The van der Waals surface area contributed by atoms with Gasteiger partial charge in [-0.05, 0) is 49.1 Å². The lowest BCUT2D eigenvalue weighted by Gasteiger charge is -2.39. The first-order valence-corrected chi connectivity index (χ1v) is 9.18. The highest BCUT2D eigenvalue weighted by molar-refractivity contribution is 6.08. The van der Waals surface area contributed by atoms with Crippen LogP contribution in [-0.2, 0) is 23.2 Å². The number of carbonyl (C=O) groups excluding carboxylic acids is 1. The average Bonchev–Trinajstić information content (AvgIpc) is 2.85. The third-order valence-corrected chi connectivity index (χ3v) is 5.75. The van der Waals surface area contributed by atoms with Crippen LogP contribution in [0.5, 0.6) is 0 Å². The van der Waals surface area contributed by atoms with Gasteiger partial charge in [-0.15, -0.1) is 0 Å². The fourth-order valence-corrected chi connectivity index (χ4v) is 4.38. The molecule has 1 aromatic carbocycles. The largest absolute Gasteiger partial charge is 0.314 e. The number of hydrogen-bond donors (Lipinski definition) is 0. The lowest BCUT2D eigenvalue weighted by atomic mass is 9.75. The third-order valence-electron chi connectivity index (χ3n) is 5.75. The minimum Gasteiger partial charge on any atom is -0.314 e. The Hall–Kier alpha value is -2.20. The Morgan fingerprint density at radius 3 is 2.80 bits per heavy atom. The number of piperidine rings is 1. The minimum absolute atomic E-state index is 0.243. The van der Waals surface area contributed by atoms with Crippen molar-refractivity contribution in [2.45, 2.75) is 38.1 Å². The first kappa shape index (κ1) is 16.3. The number of para-hydroxylation sites is 1. The van der Waals surface area contributed by atoms with Gasteiger partial charge >= 0.3 is 0 Å². The van der Waals surface area contributed by atoms with Gasteiger partial charge in [0.05, 0.1) is 11.1 Å². The molecule has 0 unspecified atom stereocenters. The van der Waals surface area contributed by atoms with Crippen LogP contribution in [0.4, 0.5) is 5.69 Å². The number of pyridine rings is 1. The van der Waals surface area contributed by atoms with Gasteiger partial charge in [0, 0.05) is 32.0 Å². The number of likely N-dealkylation sites (N-methyl/N-ethyl adjacent to an activating group) is 1. The van der Waals surface area contributed by atoms with E-state index in [1.54, 1.807) is 0 Å². The van der Waals surface area contributed by atoms with Crippen LogP contribution in [0.1, 0.15) is 36.6 Å². The summed E-state index contributed by atoms with van der Waals surface area (Å²) in [6, 6.07) is 12.5. The quantitative estimate of drug-likeness (QED) is 0.864. The smallest absolute Gasteiger partial charge is 0.238 e. The number of hydrogen-bond acceptors (Lipinski definition) is 3. The minimum atomic E-state index is -0.382. The first-order chi connectivity index (χ1) is 12.1. The number of aromatic nitrogens is 1. The van der Waals surface area contributed by atoms with Crippen LogP contribution in [0.25, 0.3) is 0 Å². The summed E-state index contributed by atoms with van der Waals surface area (Å²) in [4.78, 5) is 21.9. The van der Waals surface area contributed by atoms with Crippen molar-refractivity contribution >= 4 is 11.6 Å². The van der Waals surface area contributed by atoms with Crippen molar-refractivity contribution in [1.29, 1.82) is 0 Å². The second-order valence-electron chi connectivity index (χ2n) is 7.29. The Bertz CT molecular complexity index is 786. The molecule has 0 aliphatic carbocycles. The van der Waals surface area contributed by atoms with Crippen molar-refractivity contribution in [1.82, 2.24) is 9.88 Å². The van der Waals surface area contributed by atoms with Crippen molar-refractivity contribution in [2.24, 2.45) is 0 Å². The molecule has 2 aromatic rings. The Morgan fingerprint density at radius 1 is 1.20 bits per heavy atom. The van der Waals surface area contributed by atoms with Gasteiger partial charge in [-0.1, -0.05) is 31.2 Å². The van der Waals surface area contributed by atoms with Crippen LogP contribution < -0.4 is 4.90 Å². The van der Waals surface area contributed by atoms with Crippen molar-refractivity contribution in [3.63, 3.8) is 0 Å². The van der Waals surface area contributed by atoms with Gasteiger partial charge < -0.3 is 4.90 Å². The van der Waals surface area contributed by atoms with Crippen molar-refractivity contribution < 1.29 is 4.79 Å². The average molecular weight is 335 g/mol. The highest BCUT2D eigenvalue weighted by Crippen LogP contribution is 2.46. The summed E-state index contributed by atoms with van der Waals surface area (Å²) in [5.74, 6) is 0.243. The normalized spacial score (nSPS) is 23.3. The van der Waals surface area contributed by atoms with E-state index in [4.69, 9.17) is 0 Å². The molecule has 25 heavy (non-hydrogen) atoms. The molecule has 1 amide bonds. The van der Waals surface area contributed by atoms with Crippen molar-refractivity contribution in [2.75, 3.05) is 25.0 Å². The van der Waals surface area contributed by atoms with Crippen LogP contribution >= 0.6 is 0 Å². The predicted octanol–water partition coefficient (Wildman–Crippen LogP) is 3.15. The van der Waals surface area contributed by atoms with Crippen LogP contribution in [0.15, 0.2) is 42.6 Å². The summed E-state index contributed by atoms with van der Waals surface area (Å²) in [6.45, 7) is 4.76. The summed E-state index contributed by atoms with van der Waals surface area (Å²) in [5, 5.41) is 0. The number of benzene rings is 1. The van der Waals surface area contributed by atoms with Crippen LogP contribution in [0.2, 0.25) is 0 Å². The number of fused-ring (bicyclic) bond motifs is 2. The van der Waals surface area contributed by atoms with E-state index >= 15 is 0 Å². The molecule has 0 N–H and O–H groups in total.